The van der Waals surface area contributed by atoms with Gasteiger partial charge in [0, 0.05) is 12.5 Å². The second-order valence-corrected chi connectivity index (χ2v) is 7.23. The maximum absolute atomic E-state index is 11.9. The zero-order valence-corrected chi connectivity index (χ0v) is 14.7. The van der Waals surface area contributed by atoms with Crippen molar-refractivity contribution in [1.29, 1.82) is 0 Å². The van der Waals surface area contributed by atoms with Gasteiger partial charge in [-0.05, 0) is 42.7 Å². The fraction of sp³-hybridized carbons (Fsp3) is 0.650. The molecular weight excluding hydrogens is 284 g/mol. The monoisotopic (exact) mass is 316 g/mol. The quantitative estimate of drug-likeness (QED) is 0.716. The summed E-state index contributed by atoms with van der Waals surface area (Å²) < 4.78 is 0. The van der Waals surface area contributed by atoms with Crippen molar-refractivity contribution in [2.75, 3.05) is 6.67 Å². The Kier molecular flexibility index (Phi) is 7.60. The summed E-state index contributed by atoms with van der Waals surface area (Å²) in [6, 6.07) is 9.30. The number of carbonyl (C=O) groups excluding carboxylic acids is 1. The highest BCUT2D eigenvalue weighted by Gasteiger charge is 2.12. The minimum absolute atomic E-state index is 0.138. The van der Waals surface area contributed by atoms with Crippen LogP contribution in [0, 0.1) is 5.92 Å². The molecule has 1 aromatic rings. The third-order valence-corrected chi connectivity index (χ3v) is 4.59. The molecule has 128 valence electrons. The second kappa shape index (κ2) is 9.71. The van der Waals surface area contributed by atoms with E-state index in [2.05, 4.69) is 48.7 Å². The van der Waals surface area contributed by atoms with E-state index in [1.165, 1.54) is 43.2 Å². The Bertz CT molecular complexity index is 461. The van der Waals surface area contributed by atoms with Gasteiger partial charge in [0.1, 0.15) is 0 Å². The summed E-state index contributed by atoms with van der Waals surface area (Å²) in [4.78, 5) is 11.9. The van der Waals surface area contributed by atoms with Crippen molar-refractivity contribution in [3.8, 4) is 0 Å². The fourth-order valence-electron chi connectivity index (χ4n) is 3.26. The van der Waals surface area contributed by atoms with Gasteiger partial charge in [0.25, 0.3) is 0 Å². The number of nitrogens with one attached hydrogen (secondary N) is 2. The Hall–Kier alpha value is -1.35. The fourth-order valence-corrected chi connectivity index (χ4v) is 3.26. The van der Waals surface area contributed by atoms with E-state index in [4.69, 9.17) is 0 Å². The molecule has 1 aliphatic carbocycles. The Labute approximate surface area is 141 Å². The SMILES string of the molecule is CC(C)Cc1ccc(CCC(=O)NCNC2CCCCC2)cc1. The maximum Gasteiger partial charge on any atom is 0.221 e. The van der Waals surface area contributed by atoms with Crippen LogP contribution in [-0.4, -0.2) is 18.6 Å². The standard InChI is InChI=1S/C20H32N2O/c1-16(2)14-18-10-8-17(9-11-18)12-13-20(23)22-15-21-19-6-4-3-5-7-19/h8-11,16,19,21H,3-7,12-15H2,1-2H3,(H,22,23). The van der Waals surface area contributed by atoms with Crippen LogP contribution in [0.2, 0.25) is 0 Å². The van der Waals surface area contributed by atoms with Crippen molar-refractivity contribution >= 4 is 5.91 Å². The molecule has 3 heteroatoms. The van der Waals surface area contributed by atoms with Gasteiger partial charge < -0.3 is 5.32 Å². The van der Waals surface area contributed by atoms with Crippen LogP contribution in [0.15, 0.2) is 24.3 Å². The van der Waals surface area contributed by atoms with Crippen LogP contribution in [0.4, 0.5) is 0 Å². The summed E-state index contributed by atoms with van der Waals surface area (Å²) in [5.74, 6) is 0.822. The summed E-state index contributed by atoms with van der Waals surface area (Å²) in [7, 11) is 0. The number of benzene rings is 1. The zero-order valence-electron chi connectivity index (χ0n) is 14.7. The molecule has 2 N–H and O–H groups in total. The van der Waals surface area contributed by atoms with Crippen LogP contribution in [0.25, 0.3) is 0 Å². The molecule has 1 saturated carbocycles. The highest BCUT2D eigenvalue weighted by Crippen LogP contribution is 2.16. The molecule has 0 unspecified atom stereocenters. The van der Waals surface area contributed by atoms with Crippen LogP contribution in [0.3, 0.4) is 0 Å². The van der Waals surface area contributed by atoms with Gasteiger partial charge in [-0.3, -0.25) is 10.1 Å². The Balaban J connectivity index is 1.61. The van der Waals surface area contributed by atoms with E-state index >= 15 is 0 Å². The molecule has 0 aromatic heterocycles. The third-order valence-electron chi connectivity index (χ3n) is 4.59. The van der Waals surface area contributed by atoms with E-state index in [9.17, 15) is 4.79 Å². The van der Waals surface area contributed by atoms with Crippen LogP contribution in [0.5, 0.6) is 0 Å². The first-order chi connectivity index (χ1) is 11.1. The molecule has 0 radical (unpaired) electrons. The van der Waals surface area contributed by atoms with E-state index in [1.54, 1.807) is 0 Å². The number of amides is 1. The van der Waals surface area contributed by atoms with Crippen molar-refractivity contribution in [2.24, 2.45) is 5.92 Å². The van der Waals surface area contributed by atoms with Crippen molar-refractivity contribution in [1.82, 2.24) is 10.6 Å². The van der Waals surface area contributed by atoms with Crippen molar-refractivity contribution < 1.29 is 4.79 Å². The molecule has 0 aliphatic heterocycles. The third kappa shape index (κ3) is 7.17. The maximum atomic E-state index is 11.9. The van der Waals surface area contributed by atoms with E-state index in [1.807, 2.05) is 0 Å². The highest BCUT2D eigenvalue weighted by molar-refractivity contribution is 5.76. The molecule has 23 heavy (non-hydrogen) atoms. The predicted molar refractivity (Wildman–Crippen MR) is 96.3 cm³/mol. The molecule has 1 aromatic carbocycles. The van der Waals surface area contributed by atoms with Crippen molar-refractivity contribution in [2.45, 2.75) is 71.3 Å². The van der Waals surface area contributed by atoms with Crippen LogP contribution in [0.1, 0.15) is 63.5 Å². The number of hydrogen-bond donors (Lipinski definition) is 2. The lowest BCUT2D eigenvalue weighted by Crippen LogP contribution is -2.40. The molecule has 1 fully saturated rings. The van der Waals surface area contributed by atoms with Crippen LogP contribution >= 0.6 is 0 Å². The average molecular weight is 316 g/mol. The molecule has 1 amide bonds. The lowest BCUT2D eigenvalue weighted by molar-refractivity contribution is -0.121. The van der Waals surface area contributed by atoms with Gasteiger partial charge in [-0.25, -0.2) is 0 Å². The number of aryl methyl sites for hydroxylation is 1. The van der Waals surface area contributed by atoms with Gasteiger partial charge in [-0.2, -0.15) is 0 Å². The first-order valence-electron chi connectivity index (χ1n) is 9.21. The molecule has 2 rings (SSSR count). The van der Waals surface area contributed by atoms with Crippen LogP contribution < -0.4 is 10.6 Å². The summed E-state index contributed by atoms with van der Waals surface area (Å²) >= 11 is 0. The van der Waals surface area contributed by atoms with E-state index in [0.29, 0.717) is 25.0 Å². The normalized spacial score (nSPS) is 15.8. The largest absolute Gasteiger partial charge is 0.344 e. The van der Waals surface area contributed by atoms with Gasteiger partial charge in [0.2, 0.25) is 5.91 Å². The summed E-state index contributed by atoms with van der Waals surface area (Å²) in [6.45, 7) is 5.08. The lowest BCUT2D eigenvalue weighted by atomic mass is 9.96. The topological polar surface area (TPSA) is 41.1 Å². The summed E-state index contributed by atoms with van der Waals surface area (Å²) in [5, 5.41) is 6.43. The van der Waals surface area contributed by atoms with Gasteiger partial charge in [-0.15, -0.1) is 0 Å². The van der Waals surface area contributed by atoms with E-state index in [0.717, 1.165) is 12.8 Å². The molecule has 0 heterocycles. The van der Waals surface area contributed by atoms with Crippen LogP contribution in [-0.2, 0) is 17.6 Å². The molecule has 1 aliphatic rings. The molecular formula is C20H32N2O. The first kappa shape index (κ1) is 18.0. The molecule has 0 atom stereocenters. The van der Waals surface area contributed by atoms with E-state index < -0.39 is 0 Å². The lowest BCUT2D eigenvalue weighted by Gasteiger charge is -2.22. The Morgan fingerprint density at radius 1 is 1.09 bits per heavy atom. The number of carbonyl (C=O) groups is 1. The number of hydrogen-bond acceptors (Lipinski definition) is 2. The molecule has 0 saturated heterocycles. The highest BCUT2D eigenvalue weighted by atomic mass is 16.1. The Morgan fingerprint density at radius 3 is 2.39 bits per heavy atom. The minimum atomic E-state index is 0.138. The Morgan fingerprint density at radius 2 is 1.74 bits per heavy atom. The van der Waals surface area contributed by atoms with Crippen molar-refractivity contribution in [3.05, 3.63) is 35.4 Å². The smallest absolute Gasteiger partial charge is 0.221 e. The zero-order chi connectivity index (χ0) is 16.5. The average Bonchev–Trinajstić information content (AvgIpc) is 2.55. The van der Waals surface area contributed by atoms with Crippen molar-refractivity contribution in [3.63, 3.8) is 0 Å². The van der Waals surface area contributed by atoms with Gasteiger partial charge in [0.05, 0.1) is 6.67 Å². The molecule has 3 nitrogen and oxygen atoms in total. The number of rotatable bonds is 8. The minimum Gasteiger partial charge on any atom is -0.344 e. The van der Waals surface area contributed by atoms with E-state index in [-0.39, 0.29) is 5.91 Å². The summed E-state index contributed by atoms with van der Waals surface area (Å²) in [6.07, 6.45) is 9.00. The molecule has 0 bridgehead atoms. The predicted octanol–water partition coefficient (Wildman–Crippen LogP) is 3.81. The second-order valence-electron chi connectivity index (χ2n) is 7.23. The molecule has 0 spiro atoms. The first-order valence-corrected chi connectivity index (χ1v) is 9.21. The van der Waals surface area contributed by atoms with Gasteiger partial charge >= 0.3 is 0 Å². The summed E-state index contributed by atoms with van der Waals surface area (Å²) in [5.41, 5.74) is 2.62. The van der Waals surface area contributed by atoms with Gasteiger partial charge in [-0.1, -0.05) is 57.4 Å². The van der Waals surface area contributed by atoms with Gasteiger partial charge in [0.15, 0.2) is 0 Å².